The van der Waals surface area contributed by atoms with Gasteiger partial charge in [-0.25, -0.2) is 4.98 Å². The van der Waals surface area contributed by atoms with Gasteiger partial charge in [-0.05, 0) is 72.3 Å². The fraction of sp³-hybridized carbons (Fsp3) is 0.545. The molecule has 0 spiro atoms. The molecule has 1 atom stereocenters. The van der Waals surface area contributed by atoms with Crippen LogP contribution in [0.1, 0.15) is 44.9 Å². The number of aliphatic imine (C=N–C) groups is 1. The first kappa shape index (κ1) is 21.2. The van der Waals surface area contributed by atoms with E-state index in [1.165, 1.54) is 12.8 Å². The Labute approximate surface area is 164 Å². The maximum atomic E-state index is 4.92. The fourth-order valence-electron chi connectivity index (χ4n) is 3.42. The van der Waals surface area contributed by atoms with E-state index in [0.717, 1.165) is 53.7 Å². The SMILES string of the molecule is C=C/C(=C(/C)N(C)C(C)C)c1cc(N=C)c(C)c(NCC2CCCNC2)n1. The molecule has 0 amide bonds. The molecule has 0 bridgehead atoms. The highest BCUT2D eigenvalue weighted by molar-refractivity contribution is 5.77. The molecule has 1 aliphatic rings. The van der Waals surface area contributed by atoms with Crippen LogP contribution in [0.15, 0.2) is 29.4 Å². The van der Waals surface area contributed by atoms with Gasteiger partial charge in [-0.2, -0.15) is 0 Å². The van der Waals surface area contributed by atoms with Crippen LogP contribution in [-0.4, -0.2) is 49.3 Å². The summed E-state index contributed by atoms with van der Waals surface area (Å²) >= 11 is 0. The summed E-state index contributed by atoms with van der Waals surface area (Å²) in [6.45, 7) is 19.4. The Bertz CT molecular complexity index is 699. The maximum Gasteiger partial charge on any atom is 0.131 e. The van der Waals surface area contributed by atoms with E-state index in [2.05, 4.69) is 61.6 Å². The second-order valence-electron chi connectivity index (χ2n) is 7.66. The van der Waals surface area contributed by atoms with Gasteiger partial charge in [0.15, 0.2) is 0 Å². The zero-order chi connectivity index (χ0) is 20.0. The van der Waals surface area contributed by atoms with E-state index >= 15 is 0 Å². The van der Waals surface area contributed by atoms with Gasteiger partial charge in [0, 0.05) is 36.5 Å². The van der Waals surface area contributed by atoms with Crippen LogP contribution in [0.2, 0.25) is 0 Å². The summed E-state index contributed by atoms with van der Waals surface area (Å²) in [7, 11) is 2.10. The van der Waals surface area contributed by atoms with Crippen LogP contribution >= 0.6 is 0 Å². The Hall–Kier alpha value is -2.14. The molecule has 0 aromatic carbocycles. The van der Waals surface area contributed by atoms with Gasteiger partial charge in [-0.1, -0.05) is 12.7 Å². The molecule has 27 heavy (non-hydrogen) atoms. The maximum absolute atomic E-state index is 4.92. The highest BCUT2D eigenvalue weighted by atomic mass is 15.1. The summed E-state index contributed by atoms with van der Waals surface area (Å²) in [6.07, 6.45) is 4.37. The zero-order valence-electron chi connectivity index (χ0n) is 17.6. The Balaban J connectivity index is 2.37. The number of allylic oxidation sites excluding steroid dienone is 3. The molecule has 1 aromatic heterocycles. The van der Waals surface area contributed by atoms with Crippen LogP contribution in [0.5, 0.6) is 0 Å². The molecule has 2 N–H and O–H groups in total. The van der Waals surface area contributed by atoms with Crippen LogP contribution in [-0.2, 0) is 0 Å². The lowest BCUT2D eigenvalue weighted by molar-refractivity contribution is 0.347. The van der Waals surface area contributed by atoms with E-state index in [9.17, 15) is 0 Å². The minimum absolute atomic E-state index is 0.402. The van der Waals surface area contributed by atoms with Gasteiger partial charge in [0.2, 0.25) is 0 Å². The predicted molar refractivity (Wildman–Crippen MR) is 118 cm³/mol. The first-order valence-corrected chi connectivity index (χ1v) is 9.88. The number of aromatic nitrogens is 1. The van der Waals surface area contributed by atoms with Crippen molar-refractivity contribution in [3.63, 3.8) is 0 Å². The average molecular weight is 370 g/mol. The largest absolute Gasteiger partial charge is 0.375 e. The van der Waals surface area contributed by atoms with E-state index in [4.69, 9.17) is 4.98 Å². The second kappa shape index (κ2) is 9.70. The lowest BCUT2D eigenvalue weighted by Crippen LogP contribution is -2.33. The summed E-state index contributed by atoms with van der Waals surface area (Å²) < 4.78 is 0. The van der Waals surface area contributed by atoms with Crippen LogP contribution in [0.3, 0.4) is 0 Å². The molecular weight excluding hydrogens is 334 g/mol. The minimum atomic E-state index is 0.402. The van der Waals surface area contributed by atoms with Gasteiger partial charge in [-0.15, -0.1) is 0 Å². The van der Waals surface area contributed by atoms with Gasteiger partial charge < -0.3 is 15.5 Å². The number of nitrogens with zero attached hydrogens (tertiary/aromatic N) is 3. The topological polar surface area (TPSA) is 52.5 Å². The Morgan fingerprint density at radius 3 is 2.81 bits per heavy atom. The number of hydrogen-bond acceptors (Lipinski definition) is 5. The zero-order valence-corrected chi connectivity index (χ0v) is 17.6. The highest BCUT2D eigenvalue weighted by Crippen LogP contribution is 2.31. The van der Waals surface area contributed by atoms with Crippen molar-refractivity contribution in [1.29, 1.82) is 0 Å². The summed E-state index contributed by atoms with van der Waals surface area (Å²) in [6, 6.07) is 2.41. The smallest absolute Gasteiger partial charge is 0.131 e. The van der Waals surface area contributed by atoms with Crippen LogP contribution in [0, 0.1) is 12.8 Å². The fourth-order valence-corrected chi connectivity index (χ4v) is 3.42. The highest BCUT2D eigenvalue weighted by Gasteiger charge is 2.17. The first-order chi connectivity index (χ1) is 12.9. The van der Waals surface area contributed by atoms with Gasteiger partial charge >= 0.3 is 0 Å². The monoisotopic (exact) mass is 369 g/mol. The third-order valence-corrected chi connectivity index (χ3v) is 5.55. The van der Waals surface area contributed by atoms with Crippen molar-refractivity contribution in [3.8, 4) is 0 Å². The molecular formula is C22H35N5. The molecule has 1 saturated heterocycles. The van der Waals surface area contributed by atoms with E-state index in [1.807, 2.05) is 19.1 Å². The van der Waals surface area contributed by atoms with Gasteiger partial charge in [-0.3, -0.25) is 4.99 Å². The molecule has 1 fully saturated rings. The van der Waals surface area contributed by atoms with Gasteiger partial charge in [0.05, 0.1) is 11.4 Å². The van der Waals surface area contributed by atoms with Crippen molar-refractivity contribution in [2.24, 2.45) is 10.9 Å². The van der Waals surface area contributed by atoms with Crippen LogP contribution < -0.4 is 10.6 Å². The van der Waals surface area contributed by atoms with Crippen molar-refractivity contribution in [3.05, 3.63) is 35.7 Å². The van der Waals surface area contributed by atoms with E-state index < -0.39 is 0 Å². The second-order valence-corrected chi connectivity index (χ2v) is 7.66. The third kappa shape index (κ3) is 5.19. The van der Waals surface area contributed by atoms with Crippen molar-refractivity contribution in [2.75, 3.05) is 32.0 Å². The predicted octanol–water partition coefficient (Wildman–Crippen LogP) is 4.39. The molecule has 0 aliphatic carbocycles. The quantitative estimate of drug-likeness (QED) is 0.527. The van der Waals surface area contributed by atoms with Crippen molar-refractivity contribution >= 4 is 23.8 Å². The average Bonchev–Trinajstić information content (AvgIpc) is 2.68. The Kier molecular flexibility index (Phi) is 7.60. The van der Waals surface area contributed by atoms with Gasteiger partial charge in [0.1, 0.15) is 5.82 Å². The number of hydrogen-bond donors (Lipinski definition) is 2. The normalized spacial score (nSPS) is 18.1. The molecule has 2 heterocycles. The van der Waals surface area contributed by atoms with E-state index in [1.54, 1.807) is 0 Å². The molecule has 1 unspecified atom stereocenters. The standard InChI is InChI=1S/C22H35N5/c1-8-19(17(5)27(7)15(2)3)21-12-20(23-6)16(4)22(26-21)25-14-18-10-9-11-24-13-18/h8,12,15,18,24H,1,6,9-11,13-14H2,2-5,7H3,(H,25,26)/b19-17+. The molecule has 2 rings (SSSR count). The number of piperidine rings is 1. The Morgan fingerprint density at radius 2 is 2.26 bits per heavy atom. The molecule has 1 aromatic rings. The lowest BCUT2D eigenvalue weighted by atomic mass is 9.99. The lowest BCUT2D eigenvalue weighted by Gasteiger charge is -2.27. The van der Waals surface area contributed by atoms with Crippen molar-refractivity contribution in [2.45, 2.75) is 46.6 Å². The molecule has 1 aliphatic heterocycles. The summed E-state index contributed by atoms with van der Waals surface area (Å²) in [4.78, 5) is 11.4. The van der Waals surface area contributed by atoms with Gasteiger partial charge in [0.25, 0.3) is 0 Å². The summed E-state index contributed by atoms with van der Waals surface area (Å²) in [5.41, 5.74) is 4.96. The number of anilines is 1. The van der Waals surface area contributed by atoms with E-state index in [-0.39, 0.29) is 0 Å². The molecule has 0 saturated carbocycles. The summed E-state index contributed by atoms with van der Waals surface area (Å²) in [5, 5.41) is 7.03. The number of rotatable bonds is 8. The molecule has 148 valence electrons. The van der Waals surface area contributed by atoms with Crippen molar-refractivity contribution < 1.29 is 0 Å². The number of nitrogens with one attached hydrogen (secondary N) is 2. The van der Waals surface area contributed by atoms with E-state index in [0.29, 0.717) is 12.0 Å². The Morgan fingerprint density at radius 1 is 1.52 bits per heavy atom. The minimum Gasteiger partial charge on any atom is -0.375 e. The van der Waals surface area contributed by atoms with Crippen LogP contribution in [0.25, 0.3) is 5.57 Å². The molecule has 5 heteroatoms. The summed E-state index contributed by atoms with van der Waals surface area (Å²) in [5.74, 6) is 1.52. The molecule has 0 radical (unpaired) electrons. The first-order valence-electron chi connectivity index (χ1n) is 9.88. The number of pyridine rings is 1. The molecule has 5 nitrogen and oxygen atoms in total. The third-order valence-electron chi connectivity index (χ3n) is 5.55. The van der Waals surface area contributed by atoms with Crippen LogP contribution in [0.4, 0.5) is 11.5 Å². The van der Waals surface area contributed by atoms with Crippen molar-refractivity contribution in [1.82, 2.24) is 15.2 Å².